The van der Waals surface area contributed by atoms with E-state index >= 15 is 0 Å². The largest absolute Gasteiger partial charge is 0.481 e. The zero-order valence-corrected chi connectivity index (χ0v) is 8.33. The molecule has 1 fully saturated rings. The van der Waals surface area contributed by atoms with Crippen LogP contribution >= 0.6 is 0 Å². The average Bonchev–Trinajstić information content (AvgIpc) is 2.24. The van der Waals surface area contributed by atoms with Crippen LogP contribution in [0, 0.1) is 16.7 Å². The van der Waals surface area contributed by atoms with Gasteiger partial charge in [0.2, 0.25) is 0 Å². The van der Waals surface area contributed by atoms with Gasteiger partial charge in [0, 0.05) is 5.41 Å². The molecule has 13 heavy (non-hydrogen) atoms. The molecule has 1 rings (SSSR count). The van der Waals surface area contributed by atoms with Gasteiger partial charge in [0.15, 0.2) is 0 Å². The Hall–Kier alpha value is -0.860. The Balaban J connectivity index is 3.01. The molecule has 0 bridgehead atoms. The Labute approximate surface area is 78.1 Å². The van der Waals surface area contributed by atoms with Gasteiger partial charge in [0.05, 0.1) is 5.92 Å². The van der Waals surface area contributed by atoms with Crippen molar-refractivity contribution < 1.29 is 14.7 Å². The van der Waals surface area contributed by atoms with Gasteiger partial charge < -0.3 is 9.90 Å². The minimum Gasteiger partial charge on any atom is -0.481 e. The highest BCUT2D eigenvalue weighted by Crippen LogP contribution is 2.54. The lowest BCUT2D eigenvalue weighted by molar-refractivity contribution is -0.146. The van der Waals surface area contributed by atoms with Crippen molar-refractivity contribution in [1.29, 1.82) is 0 Å². The SMILES string of the molecule is CC1(C=O)CCC(C(=O)O)C1(C)C. The molecule has 3 heteroatoms. The summed E-state index contributed by atoms with van der Waals surface area (Å²) in [6.07, 6.45) is 2.20. The number of rotatable bonds is 2. The Morgan fingerprint density at radius 2 is 2.00 bits per heavy atom. The van der Waals surface area contributed by atoms with Gasteiger partial charge in [-0.15, -0.1) is 0 Å². The zero-order chi connectivity index (χ0) is 10.3. The molecule has 0 aromatic heterocycles. The number of carbonyl (C=O) groups excluding carboxylic acids is 1. The number of carbonyl (C=O) groups is 2. The van der Waals surface area contributed by atoms with Crippen molar-refractivity contribution in [2.45, 2.75) is 33.6 Å². The van der Waals surface area contributed by atoms with Crippen LogP contribution in [-0.2, 0) is 9.59 Å². The predicted molar refractivity (Wildman–Crippen MR) is 48.3 cm³/mol. The second-order valence-electron chi connectivity index (χ2n) is 4.69. The smallest absolute Gasteiger partial charge is 0.307 e. The molecular formula is C10H16O3. The van der Waals surface area contributed by atoms with Crippen molar-refractivity contribution in [2.75, 3.05) is 0 Å². The van der Waals surface area contributed by atoms with Gasteiger partial charge in [0.25, 0.3) is 0 Å². The van der Waals surface area contributed by atoms with Crippen LogP contribution in [0.4, 0.5) is 0 Å². The first-order valence-electron chi connectivity index (χ1n) is 4.54. The molecule has 1 N–H and O–H groups in total. The molecule has 2 atom stereocenters. The highest BCUT2D eigenvalue weighted by atomic mass is 16.4. The summed E-state index contributed by atoms with van der Waals surface area (Å²) in [6.45, 7) is 5.59. The summed E-state index contributed by atoms with van der Waals surface area (Å²) in [4.78, 5) is 21.8. The number of carboxylic acid groups (broad SMARTS) is 1. The van der Waals surface area contributed by atoms with Crippen LogP contribution in [0.3, 0.4) is 0 Å². The molecule has 3 nitrogen and oxygen atoms in total. The normalized spacial score (nSPS) is 37.3. The molecule has 0 amide bonds. The first-order valence-corrected chi connectivity index (χ1v) is 4.54. The van der Waals surface area contributed by atoms with Gasteiger partial charge in [-0.1, -0.05) is 20.8 Å². The van der Waals surface area contributed by atoms with E-state index in [1.54, 1.807) is 0 Å². The Morgan fingerprint density at radius 1 is 1.46 bits per heavy atom. The maximum absolute atomic E-state index is 10.9. The number of hydrogen-bond acceptors (Lipinski definition) is 2. The third-order valence-electron chi connectivity index (χ3n) is 3.85. The van der Waals surface area contributed by atoms with E-state index in [1.807, 2.05) is 20.8 Å². The number of aliphatic carboxylic acids is 1. The standard InChI is InChI=1S/C10H16O3/c1-9(2)7(8(12)13)4-5-10(9,3)6-11/h6-7H,4-5H2,1-3H3,(H,12,13). The van der Waals surface area contributed by atoms with Crippen LogP contribution in [0.15, 0.2) is 0 Å². The Bertz CT molecular complexity index is 245. The zero-order valence-electron chi connectivity index (χ0n) is 8.33. The van der Waals surface area contributed by atoms with Crippen LogP contribution in [0.2, 0.25) is 0 Å². The molecule has 0 spiro atoms. The maximum Gasteiger partial charge on any atom is 0.307 e. The second-order valence-corrected chi connectivity index (χ2v) is 4.69. The number of hydrogen-bond donors (Lipinski definition) is 1. The predicted octanol–water partition coefficient (Wildman–Crippen LogP) is 1.71. The first-order chi connectivity index (χ1) is 5.85. The van der Waals surface area contributed by atoms with Crippen molar-refractivity contribution in [2.24, 2.45) is 16.7 Å². The monoisotopic (exact) mass is 184 g/mol. The van der Waals surface area contributed by atoms with Gasteiger partial charge in [0.1, 0.15) is 6.29 Å². The molecule has 1 aliphatic carbocycles. The Morgan fingerprint density at radius 3 is 2.23 bits per heavy atom. The summed E-state index contributed by atoms with van der Waals surface area (Å²) < 4.78 is 0. The lowest BCUT2D eigenvalue weighted by Crippen LogP contribution is -2.38. The lowest BCUT2D eigenvalue weighted by atomic mass is 9.66. The van der Waals surface area contributed by atoms with E-state index in [0.717, 1.165) is 6.29 Å². The fourth-order valence-electron chi connectivity index (χ4n) is 2.17. The van der Waals surface area contributed by atoms with Crippen LogP contribution in [0.25, 0.3) is 0 Å². The molecule has 0 aromatic rings. The van der Waals surface area contributed by atoms with Gasteiger partial charge in [-0.3, -0.25) is 4.79 Å². The molecule has 2 unspecified atom stereocenters. The van der Waals surface area contributed by atoms with Crippen molar-refractivity contribution in [1.82, 2.24) is 0 Å². The minimum atomic E-state index is -0.782. The molecular weight excluding hydrogens is 168 g/mol. The summed E-state index contributed by atoms with van der Waals surface area (Å²) in [5.41, 5.74) is -0.906. The highest BCUT2D eigenvalue weighted by molar-refractivity contribution is 5.74. The average molecular weight is 184 g/mol. The first kappa shape index (κ1) is 10.2. The second kappa shape index (κ2) is 2.82. The minimum absolute atomic E-state index is 0.386. The lowest BCUT2D eigenvalue weighted by Gasteiger charge is -2.35. The molecule has 0 heterocycles. The van der Waals surface area contributed by atoms with Crippen LogP contribution in [-0.4, -0.2) is 17.4 Å². The van der Waals surface area contributed by atoms with Gasteiger partial charge in [-0.25, -0.2) is 0 Å². The van der Waals surface area contributed by atoms with E-state index < -0.39 is 16.8 Å². The third-order valence-corrected chi connectivity index (χ3v) is 3.85. The van der Waals surface area contributed by atoms with Crippen LogP contribution in [0.1, 0.15) is 33.6 Å². The quantitative estimate of drug-likeness (QED) is 0.665. The molecule has 0 aliphatic heterocycles. The topological polar surface area (TPSA) is 54.4 Å². The van der Waals surface area contributed by atoms with E-state index in [2.05, 4.69) is 0 Å². The highest BCUT2D eigenvalue weighted by Gasteiger charge is 2.54. The summed E-state index contributed by atoms with van der Waals surface area (Å²) >= 11 is 0. The van der Waals surface area contributed by atoms with Gasteiger partial charge >= 0.3 is 5.97 Å². The van der Waals surface area contributed by atoms with Crippen molar-refractivity contribution in [3.8, 4) is 0 Å². The van der Waals surface area contributed by atoms with Crippen molar-refractivity contribution in [3.63, 3.8) is 0 Å². The summed E-state index contributed by atoms with van der Waals surface area (Å²) in [5.74, 6) is -1.17. The van der Waals surface area contributed by atoms with Gasteiger partial charge in [-0.05, 0) is 18.3 Å². The molecule has 0 radical (unpaired) electrons. The third kappa shape index (κ3) is 1.26. The fraction of sp³-hybridized carbons (Fsp3) is 0.800. The molecule has 1 saturated carbocycles. The summed E-state index contributed by atoms with van der Waals surface area (Å²) in [7, 11) is 0. The summed E-state index contributed by atoms with van der Waals surface area (Å²) in [6, 6.07) is 0. The van der Waals surface area contributed by atoms with Crippen LogP contribution in [0.5, 0.6) is 0 Å². The maximum atomic E-state index is 10.9. The number of aldehydes is 1. The molecule has 74 valence electrons. The molecule has 0 saturated heterocycles. The van der Waals surface area contributed by atoms with E-state index in [4.69, 9.17) is 5.11 Å². The van der Waals surface area contributed by atoms with E-state index in [9.17, 15) is 9.59 Å². The van der Waals surface area contributed by atoms with Crippen molar-refractivity contribution >= 4 is 12.3 Å². The number of carboxylic acids is 1. The van der Waals surface area contributed by atoms with Gasteiger partial charge in [-0.2, -0.15) is 0 Å². The fourth-order valence-corrected chi connectivity index (χ4v) is 2.17. The van der Waals surface area contributed by atoms with E-state index in [1.165, 1.54) is 0 Å². The van der Waals surface area contributed by atoms with Crippen molar-refractivity contribution in [3.05, 3.63) is 0 Å². The molecule has 1 aliphatic rings. The van der Waals surface area contributed by atoms with Crippen LogP contribution < -0.4 is 0 Å². The van der Waals surface area contributed by atoms with E-state index in [0.29, 0.717) is 12.8 Å². The van der Waals surface area contributed by atoms with E-state index in [-0.39, 0.29) is 5.92 Å². The molecule has 0 aromatic carbocycles. The summed E-state index contributed by atoms with van der Waals surface area (Å²) in [5, 5.41) is 8.96. The Kier molecular flexibility index (Phi) is 2.22.